The Kier molecular flexibility index (Phi) is 16.6. The van der Waals surface area contributed by atoms with Crippen LogP contribution in [0.3, 0.4) is 0 Å². The number of carboxylic acid groups (broad SMARTS) is 1. The predicted molar refractivity (Wildman–Crippen MR) is 206 cm³/mol. The molecule has 1 rings (SSSR count). The standard InChI is InChI=1S/C42H70N2O8/c1-15-17-19-29(16-2)26-44-33(46)32(45)43-24-18-25-51-35(49)42(14,27-37(3,4)5)40(11,12)39(9,10)28-41(13,38(6,7)8)36(50)52-31-22-20-30(21-23-31)34(47)48/h20-23,29H,15-19,24-28H2,1-14H3,(H,43,45)(H,44,46)(H,47,48). The van der Waals surface area contributed by atoms with Crippen molar-refractivity contribution in [2.45, 2.75) is 142 Å². The zero-order valence-electron chi connectivity index (χ0n) is 34.8. The molecular weight excluding hydrogens is 660 g/mol. The highest BCUT2D eigenvalue weighted by molar-refractivity contribution is 6.35. The van der Waals surface area contributed by atoms with Crippen LogP contribution >= 0.6 is 0 Å². The first-order chi connectivity index (χ1) is 23.7. The molecule has 1 aromatic rings. The second kappa shape index (κ2) is 18.6. The van der Waals surface area contributed by atoms with Crippen molar-refractivity contribution in [3.8, 4) is 5.75 Å². The number of hydrogen-bond donors (Lipinski definition) is 3. The maximum Gasteiger partial charge on any atom is 0.335 e. The highest BCUT2D eigenvalue weighted by atomic mass is 16.5. The van der Waals surface area contributed by atoms with E-state index in [1.807, 2.05) is 34.6 Å². The fourth-order valence-corrected chi connectivity index (χ4v) is 6.93. The molecule has 0 aliphatic carbocycles. The maximum absolute atomic E-state index is 14.2. The molecule has 0 radical (unpaired) electrons. The molecule has 0 spiro atoms. The number of carbonyl (C=O) groups excluding carboxylic acids is 4. The van der Waals surface area contributed by atoms with E-state index >= 15 is 0 Å². The molecule has 0 heterocycles. The van der Waals surface area contributed by atoms with Crippen molar-refractivity contribution in [1.29, 1.82) is 0 Å². The molecule has 0 aromatic heterocycles. The van der Waals surface area contributed by atoms with Gasteiger partial charge >= 0.3 is 29.7 Å². The molecule has 2 amide bonds. The van der Waals surface area contributed by atoms with Crippen molar-refractivity contribution in [3.05, 3.63) is 29.8 Å². The van der Waals surface area contributed by atoms with Crippen LogP contribution in [0.15, 0.2) is 24.3 Å². The van der Waals surface area contributed by atoms with E-state index in [4.69, 9.17) is 9.47 Å². The molecule has 10 heteroatoms. The van der Waals surface area contributed by atoms with Crippen LogP contribution < -0.4 is 15.4 Å². The fraction of sp³-hybridized carbons (Fsp3) is 0.738. The number of esters is 2. The molecule has 52 heavy (non-hydrogen) atoms. The summed E-state index contributed by atoms with van der Waals surface area (Å²) in [5, 5.41) is 14.6. The fourth-order valence-electron chi connectivity index (χ4n) is 6.93. The average Bonchev–Trinajstić information content (AvgIpc) is 3.02. The first-order valence-electron chi connectivity index (χ1n) is 19.0. The lowest BCUT2D eigenvalue weighted by molar-refractivity contribution is -0.179. The number of nitrogens with one attached hydrogen (secondary N) is 2. The summed E-state index contributed by atoms with van der Waals surface area (Å²) in [6.45, 7) is 29.3. The molecule has 3 N–H and O–H groups in total. The van der Waals surface area contributed by atoms with Gasteiger partial charge in [-0.2, -0.15) is 0 Å². The molecule has 0 fully saturated rings. The lowest BCUT2D eigenvalue weighted by Crippen LogP contribution is -2.56. The molecule has 0 saturated carbocycles. The summed E-state index contributed by atoms with van der Waals surface area (Å²) >= 11 is 0. The molecular formula is C42H70N2O8. The highest BCUT2D eigenvalue weighted by Gasteiger charge is 2.60. The largest absolute Gasteiger partial charge is 0.478 e. The second-order valence-corrected chi connectivity index (χ2v) is 18.4. The number of ether oxygens (including phenoxy) is 2. The Morgan fingerprint density at radius 3 is 1.77 bits per heavy atom. The molecule has 0 saturated heterocycles. The van der Waals surface area contributed by atoms with E-state index in [1.54, 1.807) is 0 Å². The summed E-state index contributed by atoms with van der Waals surface area (Å²) in [6.07, 6.45) is 5.35. The lowest BCUT2D eigenvalue weighted by atomic mass is 9.47. The quantitative estimate of drug-likeness (QED) is 0.0555. The minimum atomic E-state index is -1.07. The maximum atomic E-state index is 14.2. The van der Waals surface area contributed by atoms with Gasteiger partial charge in [0.2, 0.25) is 0 Å². The number of carbonyl (C=O) groups is 5. The monoisotopic (exact) mass is 731 g/mol. The topological polar surface area (TPSA) is 148 Å². The van der Waals surface area contributed by atoms with Crippen molar-refractivity contribution in [1.82, 2.24) is 10.6 Å². The van der Waals surface area contributed by atoms with Crippen molar-refractivity contribution in [3.63, 3.8) is 0 Å². The predicted octanol–water partition coefficient (Wildman–Crippen LogP) is 8.61. The normalized spacial score (nSPS) is 15.4. The Bertz CT molecular complexity index is 1370. The number of amides is 2. The van der Waals surface area contributed by atoms with E-state index in [-0.39, 0.29) is 35.8 Å². The van der Waals surface area contributed by atoms with Crippen molar-refractivity contribution in [2.75, 3.05) is 19.7 Å². The van der Waals surface area contributed by atoms with Crippen LogP contribution in [0, 0.1) is 38.4 Å². The number of unbranched alkanes of at least 4 members (excludes halogenated alkanes) is 1. The van der Waals surface area contributed by atoms with Crippen molar-refractivity contribution >= 4 is 29.7 Å². The third kappa shape index (κ3) is 12.3. The highest BCUT2D eigenvalue weighted by Crippen LogP contribution is 2.61. The summed E-state index contributed by atoms with van der Waals surface area (Å²) in [5.74, 6) is -2.62. The van der Waals surface area contributed by atoms with Gasteiger partial charge in [0.05, 0.1) is 23.0 Å². The summed E-state index contributed by atoms with van der Waals surface area (Å²) in [5.41, 5.74) is -4.02. The van der Waals surface area contributed by atoms with Crippen LogP contribution in [-0.2, 0) is 23.9 Å². The summed E-state index contributed by atoms with van der Waals surface area (Å²) in [7, 11) is 0. The van der Waals surface area contributed by atoms with E-state index in [2.05, 4.69) is 72.9 Å². The van der Waals surface area contributed by atoms with E-state index in [1.165, 1.54) is 24.3 Å². The van der Waals surface area contributed by atoms with Gasteiger partial charge in [-0.1, -0.05) is 102 Å². The van der Waals surface area contributed by atoms with Crippen LogP contribution in [0.5, 0.6) is 5.75 Å². The van der Waals surface area contributed by atoms with E-state index in [0.717, 1.165) is 25.7 Å². The van der Waals surface area contributed by atoms with Crippen LogP contribution in [0.4, 0.5) is 0 Å². The second-order valence-electron chi connectivity index (χ2n) is 18.4. The summed E-state index contributed by atoms with van der Waals surface area (Å²) < 4.78 is 11.8. The average molecular weight is 731 g/mol. The van der Waals surface area contributed by atoms with Gasteiger partial charge < -0.3 is 25.2 Å². The number of benzene rings is 1. The number of aromatic carboxylic acids is 1. The number of rotatable bonds is 19. The lowest BCUT2D eigenvalue weighted by Gasteiger charge is -2.56. The van der Waals surface area contributed by atoms with Gasteiger partial charge in [0.25, 0.3) is 0 Å². The molecule has 0 aliphatic rings. The summed E-state index contributed by atoms with van der Waals surface area (Å²) in [6, 6.07) is 5.76. The first kappa shape index (κ1) is 46.6. The minimum Gasteiger partial charge on any atom is -0.478 e. The third-order valence-corrected chi connectivity index (χ3v) is 11.8. The van der Waals surface area contributed by atoms with Gasteiger partial charge in [-0.15, -0.1) is 0 Å². The minimum absolute atomic E-state index is 0.0681. The first-order valence-corrected chi connectivity index (χ1v) is 19.0. The molecule has 296 valence electrons. The van der Waals surface area contributed by atoms with Gasteiger partial charge in [-0.05, 0) is 91.4 Å². The molecule has 1 aromatic carbocycles. The van der Waals surface area contributed by atoms with Crippen LogP contribution in [0.2, 0.25) is 0 Å². The molecule has 3 unspecified atom stereocenters. The SMILES string of the molecule is CCCCC(CC)CNC(=O)C(=O)NCCCOC(=O)C(C)(CC(C)(C)C)C(C)(C)C(C)(C)CC(C)(C(=O)Oc1ccc(C(=O)O)cc1)C(C)(C)C. The zero-order valence-corrected chi connectivity index (χ0v) is 34.8. The zero-order chi connectivity index (χ0) is 40.3. The van der Waals surface area contributed by atoms with Gasteiger partial charge in [-0.3, -0.25) is 19.2 Å². The van der Waals surface area contributed by atoms with Gasteiger partial charge in [-0.25, -0.2) is 4.79 Å². The Morgan fingerprint density at radius 1 is 0.731 bits per heavy atom. The van der Waals surface area contributed by atoms with Gasteiger partial charge in [0, 0.05) is 13.1 Å². The van der Waals surface area contributed by atoms with Gasteiger partial charge in [0.15, 0.2) is 0 Å². The number of carboxylic acids is 1. The number of hydrogen-bond acceptors (Lipinski definition) is 7. The Labute approximate surface area is 313 Å². The molecule has 0 aliphatic heterocycles. The van der Waals surface area contributed by atoms with Gasteiger partial charge in [0.1, 0.15) is 5.75 Å². The molecule has 0 bridgehead atoms. The molecule has 3 atom stereocenters. The third-order valence-electron chi connectivity index (χ3n) is 11.8. The van der Waals surface area contributed by atoms with E-state index < -0.39 is 50.8 Å². The van der Waals surface area contributed by atoms with E-state index in [0.29, 0.717) is 31.7 Å². The van der Waals surface area contributed by atoms with Crippen LogP contribution in [-0.4, -0.2) is 54.5 Å². The Morgan fingerprint density at radius 2 is 1.29 bits per heavy atom. The summed E-state index contributed by atoms with van der Waals surface area (Å²) in [4.78, 5) is 64.3. The Hall–Kier alpha value is -3.43. The van der Waals surface area contributed by atoms with Crippen molar-refractivity contribution in [2.24, 2.45) is 38.4 Å². The smallest absolute Gasteiger partial charge is 0.335 e. The molecule has 10 nitrogen and oxygen atoms in total. The van der Waals surface area contributed by atoms with Crippen LogP contribution in [0.1, 0.15) is 152 Å². The van der Waals surface area contributed by atoms with Crippen LogP contribution in [0.25, 0.3) is 0 Å². The van der Waals surface area contributed by atoms with Crippen molar-refractivity contribution < 1.29 is 38.6 Å². The van der Waals surface area contributed by atoms with E-state index in [9.17, 15) is 29.1 Å². The Balaban J connectivity index is 3.14.